The molecule has 0 bridgehead atoms. The van der Waals surface area contributed by atoms with Crippen molar-refractivity contribution >= 4 is 11.6 Å². The first-order valence-electron chi connectivity index (χ1n) is 6.81. The maximum atomic E-state index is 14.2. The SMILES string of the molecule is CC1CCC1(CNC1CC1)c1c(F)cccc1Cl. The van der Waals surface area contributed by atoms with Crippen LogP contribution in [-0.4, -0.2) is 12.6 Å². The lowest BCUT2D eigenvalue weighted by molar-refractivity contribution is 0.129. The van der Waals surface area contributed by atoms with E-state index in [1.54, 1.807) is 6.07 Å². The van der Waals surface area contributed by atoms with Gasteiger partial charge in [-0.25, -0.2) is 4.39 Å². The van der Waals surface area contributed by atoms with Crippen molar-refractivity contribution in [1.82, 2.24) is 5.32 Å². The van der Waals surface area contributed by atoms with Crippen molar-refractivity contribution in [2.75, 3.05) is 6.54 Å². The fourth-order valence-electron chi connectivity index (χ4n) is 3.09. The van der Waals surface area contributed by atoms with Gasteiger partial charge in [-0.3, -0.25) is 0 Å². The molecular weight excluding hydrogens is 249 g/mol. The van der Waals surface area contributed by atoms with Crippen LogP contribution in [0.1, 0.15) is 38.2 Å². The molecule has 0 amide bonds. The first-order valence-corrected chi connectivity index (χ1v) is 7.19. The Morgan fingerprint density at radius 2 is 2.17 bits per heavy atom. The van der Waals surface area contributed by atoms with Gasteiger partial charge in [0, 0.05) is 28.6 Å². The standard InChI is InChI=1S/C15H19ClFN/c1-10-7-8-15(10,9-18-11-5-6-11)14-12(16)3-2-4-13(14)17/h2-4,10-11,18H,5-9H2,1H3. The van der Waals surface area contributed by atoms with E-state index in [1.165, 1.54) is 18.9 Å². The van der Waals surface area contributed by atoms with Gasteiger partial charge in [0.05, 0.1) is 0 Å². The maximum Gasteiger partial charge on any atom is 0.128 e. The lowest BCUT2D eigenvalue weighted by Gasteiger charge is -2.49. The number of hydrogen-bond acceptors (Lipinski definition) is 1. The molecule has 2 atom stereocenters. The summed E-state index contributed by atoms with van der Waals surface area (Å²) in [5, 5.41) is 4.14. The molecule has 1 aromatic rings. The highest BCUT2D eigenvalue weighted by Crippen LogP contribution is 2.51. The minimum atomic E-state index is -0.147. The minimum absolute atomic E-state index is 0.0922. The largest absolute Gasteiger partial charge is 0.313 e. The second-order valence-electron chi connectivity index (χ2n) is 5.85. The van der Waals surface area contributed by atoms with Crippen molar-refractivity contribution in [2.45, 2.75) is 44.1 Å². The Balaban J connectivity index is 1.92. The fourth-order valence-corrected chi connectivity index (χ4v) is 3.44. The highest BCUT2D eigenvalue weighted by molar-refractivity contribution is 6.31. The average Bonchev–Trinajstić information content (AvgIpc) is 3.15. The number of rotatable bonds is 4. The Morgan fingerprint density at radius 1 is 1.39 bits per heavy atom. The molecule has 2 unspecified atom stereocenters. The summed E-state index contributed by atoms with van der Waals surface area (Å²) in [7, 11) is 0. The highest BCUT2D eigenvalue weighted by Gasteiger charge is 2.48. The van der Waals surface area contributed by atoms with Crippen molar-refractivity contribution in [3.05, 3.63) is 34.6 Å². The van der Waals surface area contributed by atoms with Gasteiger partial charge < -0.3 is 5.32 Å². The van der Waals surface area contributed by atoms with Gasteiger partial charge >= 0.3 is 0 Å². The molecule has 0 heterocycles. The van der Waals surface area contributed by atoms with Gasteiger partial charge in [-0.1, -0.05) is 24.6 Å². The second-order valence-corrected chi connectivity index (χ2v) is 6.25. The molecule has 1 nitrogen and oxygen atoms in total. The third-order valence-electron chi connectivity index (χ3n) is 4.71. The van der Waals surface area contributed by atoms with E-state index < -0.39 is 0 Å². The van der Waals surface area contributed by atoms with E-state index in [1.807, 2.05) is 6.07 Å². The van der Waals surface area contributed by atoms with Crippen LogP contribution in [0.15, 0.2) is 18.2 Å². The molecule has 0 aromatic heterocycles. The molecule has 0 radical (unpaired) electrons. The summed E-state index contributed by atoms with van der Waals surface area (Å²) in [6, 6.07) is 5.68. The van der Waals surface area contributed by atoms with E-state index in [2.05, 4.69) is 12.2 Å². The lowest BCUT2D eigenvalue weighted by atomic mass is 9.57. The third kappa shape index (κ3) is 1.96. The molecule has 18 heavy (non-hydrogen) atoms. The molecule has 0 saturated heterocycles. The van der Waals surface area contributed by atoms with Crippen molar-refractivity contribution in [3.63, 3.8) is 0 Å². The zero-order valence-electron chi connectivity index (χ0n) is 10.7. The van der Waals surface area contributed by atoms with E-state index >= 15 is 0 Å². The zero-order valence-corrected chi connectivity index (χ0v) is 11.4. The Morgan fingerprint density at radius 3 is 2.67 bits per heavy atom. The molecule has 0 spiro atoms. The molecule has 3 rings (SSSR count). The van der Waals surface area contributed by atoms with Crippen LogP contribution in [0.25, 0.3) is 0 Å². The van der Waals surface area contributed by atoms with Gasteiger partial charge in [-0.05, 0) is 43.7 Å². The molecule has 2 aliphatic rings. The van der Waals surface area contributed by atoms with Crippen LogP contribution in [0.4, 0.5) is 4.39 Å². The normalized spacial score (nSPS) is 31.2. The summed E-state index contributed by atoms with van der Waals surface area (Å²) < 4.78 is 14.2. The molecule has 98 valence electrons. The summed E-state index contributed by atoms with van der Waals surface area (Å²) >= 11 is 6.26. The molecular formula is C15H19ClFN. The summed E-state index contributed by atoms with van der Waals surface area (Å²) in [5.41, 5.74) is 0.643. The smallest absolute Gasteiger partial charge is 0.128 e. The molecule has 2 fully saturated rings. The monoisotopic (exact) mass is 267 g/mol. The second kappa shape index (κ2) is 4.50. The van der Waals surface area contributed by atoms with E-state index in [-0.39, 0.29) is 11.2 Å². The van der Waals surface area contributed by atoms with Crippen LogP contribution in [0, 0.1) is 11.7 Å². The van der Waals surface area contributed by atoms with Gasteiger partial charge in [0.1, 0.15) is 5.82 Å². The Hall–Kier alpha value is -0.600. The predicted octanol–water partition coefficient (Wildman–Crippen LogP) is 3.90. The Labute approximate surface area is 113 Å². The van der Waals surface area contributed by atoms with Crippen molar-refractivity contribution < 1.29 is 4.39 Å². The maximum absolute atomic E-state index is 14.2. The predicted molar refractivity (Wildman–Crippen MR) is 72.5 cm³/mol. The lowest BCUT2D eigenvalue weighted by Crippen LogP contribution is -2.51. The fraction of sp³-hybridized carbons (Fsp3) is 0.600. The highest BCUT2D eigenvalue weighted by atomic mass is 35.5. The van der Waals surface area contributed by atoms with Gasteiger partial charge in [-0.15, -0.1) is 0 Å². The summed E-state index contributed by atoms with van der Waals surface area (Å²) in [5.74, 6) is 0.352. The molecule has 2 saturated carbocycles. The number of halogens is 2. The van der Waals surface area contributed by atoms with Crippen LogP contribution in [0.3, 0.4) is 0 Å². The molecule has 1 aromatic carbocycles. The van der Waals surface area contributed by atoms with Crippen molar-refractivity contribution in [3.8, 4) is 0 Å². The molecule has 2 aliphatic carbocycles. The number of hydrogen-bond donors (Lipinski definition) is 1. The van der Waals surface area contributed by atoms with Crippen LogP contribution in [0.2, 0.25) is 5.02 Å². The average molecular weight is 268 g/mol. The third-order valence-corrected chi connectivity index (χ3v) is 5.03. The Kier molecular flexibility index (Phi) is 3.11. The van der Waals surface area contributed by atoms with Crippen molar-refractivity contribution in [2.24, 2.45) is 5.92 Å². The summed E-state index contributed by atoms with van der Waals surface area (Å²) in [6.45, 7) is 3.07. The van der Waals surface area contributed by atoms with E-state index in [4.69, 9.17) is 11.6 Å². The van der Waals surface area contributed by atoms with Crippen molar-refractivity contribution in [1.29, 1.82) is 0 Å². The molecule has 1 N–H and O–H groups in total. The molecule has 3 heteroatoms. The molecule has 0 aliphatic heterocycles. The van der Waals surface area contributed by atoms with Crippen LogP contribution in [0.5, 0.6) is 0 Å². The first-order chi connectivity index (χ1) is 8.63. The van der Waals surface area contributed by atoms with Crippen LogP contribution >= 0.6 is 11.6 Å². The van der Waals surface area contributed by atoms with Gasteiger partial charge in [0.25, 0.3) is 0 Å². The van der Waals surface area contributed by atoms with E-state index in [0.29, 0.717) is 17.0 Å². The minimum Gasteiger partial charge on any atom is -0.313 e. The Bertz CT molecular complexity index is 438. The van der Waals surface area contributed by atoms with E-state index in [0.717, 1.165) is 24.9 Å². The van der Waals surface area contributed by atoms with E-state index in [9.17, 15) is 4.39 Å². The summed E-state index contributed by atoms with van der Waals surface area (Å²) in [6.07, 6.45) is 4.72. The quantitative estimate of drug-likeness (QED) is 0.872. The topological polar surface area (TPSA) is 12.0 Å². The van der Waals surface area contributed by atoms with Crippen LogP contribution in [-0.2, 0) is 5.41 Å². The summed E-state index contributed by atoms with van der Waals surface area (Å²) in [4.78, 5) is 0. The number of nitrogens with one attached hydrogen (secondary N) is 1. The zero-order chi connectivity index (χ0) is 12.8. The number of benzene rings is 1. The van der Waals surface area contributed by atoms with Crippen LogP contribution < -0.4 is 5.32 Å². The van der Waals surface area contributed by atoms with Gasteiger partial charge in [0.15, 0.2) is 0 Å². The first kappa shape index (κ1) is 12.4. The van der Waals surface area contributed by atoms with Gasteiger partial charge in [-0.2, -0.15) is 0 Å². The van der Waals surface area contributed by atoms with Gasteiger partial charge in [0.2, 0.25) is 0 Å².